The van der Waals surface area contributed by atoms with Gasteiger partial charge in [-0.3, -0.25) is 14.7 Å². The zero-order valence-corrected chi connectivity index (χ0v) is 9.64. The Kier molecular flexibility index (Phi) is 2.83. The van der Waals surface area contributed by atoms with Crippen molar-refractivity contribution in [2.45, 2.75) is 0 Å². The lowest BCUT2D eigenvalue weighted by atomic mass is 10.2. The number of thioether (sulfide) groups is 1. The summed E-state index contributed by atoms with van der Waals surface area (Å²) in [4.78, 5) is 17.8. The average Bonchev–Trinajstić information content (AvgIpc) is 2.48. The Morgan fingerprint density at radius 2 is 2.40 bits per heavy atom. The van der Waals surface area contributed by atoms with E-state index < -0.39 is 0 Å². The first-order valence-corrected chi connectivity index (χ1v) is 5.52. The summed E-state index contributed by atoms with van der Waals surface area (Å²) in [6.07, 6.45) is 5.21. The molecule has 15 heavy (non-hydrogen) atoms. The predicted molar refractivity (Wildman–Crippen MR) is 65.2 cm³/mol. The monoisotopic (exact) mass is 236 g/mol. The summed E-state index contributed by atoms with van der Waals surface area (Å²) >= 11 is 6.34. The minimum Gasteiger partial charge on any atom is -0.296 e. The Labute approximate surface area is 97.2 Å². The molecule has 1 amide bonds. The van der Waals surface area contributed by atoms with E-state index in [-0.39, 0.29) is 5.91 Å². The Bertz CT molecular complexity index is 442. The normalized spacial score (nSPS) is 19.0. The van der Waals surface area contributed by atoms with Gasteiger partial charge in [0.2, 0.25) is 0 Å². The molecule has 0 unspecified atom stereocenters. The fraction of sp³-hybridized carbons (Fsp3) is 0.100. The summed E-state index contributed by atoms with van der Waals surface area (Å²) in [5.74, 6) is -0.0474. The van der Waals surface area contributed by atoms with Crippen molar-refractivity contribution in [2.75, 3.05) is 7.05 Å². The van der Waals surface area contributed by atoms with Crippen LogP contribution in [0.3, 0.4) is 0 Å². The zero-order valence-electron chi connectivity index (χ0n) is 8.01. The summed E-state index contributed by atoms with van der Waals surface area (Å²) in [6.45, 7) is 0. The number of hydrogen-bond donors (Lipinski definition) is 0. The molecule has 3 nitrogen and oxygen atoms in total. The first-order chi connectivity index (χ1) is 7.18. The molecule has 0 N–H and O–H groups in total. The smallest absolute Gasteiger partial charge is 0.265 e. The Morgan fingerprint density at radius 3 is 2.93 bits per heavy atom. The third-order valence-corrected chi connectivity index (χ3v) is 3.45. The molecule has 0 atom stereocenters. The first kappa shape index (κ1) is 10.3. The standard InChI is InChI=1S/C10H8N2OS2/c1-12-9(13)8(15-10(12)14)5-7-3-2-4-11-6-7/h2-6H,1H3/b8-5-. The van der Waals surface area contributed by atoms with Gasteiger partial charge in [-0.15, -0.1) is 0 Å². The van der Waals surface area contributed by atoms with Gasteiger partial charge in [-0.1, -0.05) is 30.0 Å². The van der Waals surface area contributed by atoms with Crippen LogP contribution in [0.5, 0.6) is 0 Å². The summed E-state index contributed by atoms with van der Waals surface area (Å²) in [5, 5.41) is 0. The van der Waals surface area contributed by atoms with Gasteiger partial charge in [0.1, 0.15) is 4.32 Å². The van der Waals surface area contributed by atoms with Crippen LogP contribution in [0.15, 0.2) is 29.4 Å². The SMILES string of the molecule is CN1C(=O)/C(=C/c2cccnc2)SC1=S. The van der Waals surface area contributed by atoms with Gasteiger partial charge in [-0.05, 0) is 17.7 Å². The molecule has 1 aromatic heterocycles. The second-order valence-electron chi connectivity index (χ2n) is 3.03. The molecule has 76 valence electrons. The van der Waals surface area contributed by atoms with Crippen molar-refractivity contribution in [3.63, 3.8) is 0 Å². The number of pyridine rings is 1. The molecule has 0 saturated carbocycles. The molecule has 0 bridgehead atoms. The van der Waals surface area contributed by atoms with E-state index in [0.29, 0.717) is 9.23 Å². The minimum absolute atomic E-state index is 0.0474. The molecular formula is C10H8N2OS2. The highest BCUT2D eigenvalue weighted by molar-refractivity contribution is 8.26. The van der Waals surface area contributed by atoms with Crippen LogP contribution in [0.4, 0.5) is 0 Å². The fourth-order valence-corrected chi connectivity index (χ4v) is 2.34. The number of rotatable bonds is 1. The van der Waals surface area contributed by atoms with E-state index in [1.807, 2.05) is 12.1 Å². The third kappa shape index (κ3) is 2.08. The maximum Gasteiger partial charge on any atom is 0.265 e. The van der Waals surface area contributed by atoms with E-state index in [2.05, 4.69) is 4.98 Å². The molecule has 5 heteroatoms. The topological polar surface area (TPSA) is 33.2 Å². The van der Waals surface area contributed by atoms with E-state index in [1.54, 1.807) is 25.5 Å². The third-order valence-electron chi connectivity index (χ3n) is 1.97. The number of thiocarbonyl (C=S) groups is 1. The van der Waals surface area contributed by atoms with Crippen LogP contribution < -0.4 is 0 Å². The molecule has 1 aromatic rings. The number of carbonyl (C=O) groups is 1. The largest absolute Gasteiger partial charge is 0.296 e. The highest BCUT2D eigenvalue weighted by Crippen LogP contribution is 2.30. The van der Waals surface area contributed by atoms with Crippen LogP contribution in [0.25, 0.3) is 6.08 Å². The molecule has 0 radical (unpaired) electrons. The molecular weight excluding hydrogens is 228 g/mol. The van der Waals surface area contributed by atoms with Crippen molar-refractivity contribution < 1.29 is 4.79 Å². The molecule has 1 fully saturated rings. The summed E-state index contributed by atoms with van der Waals surface area (Å²) in [6, 6.07) is 3.73. The molecule has 1 aliphatic heterocycles. The molecule has 1 aliphatic rings. The lowest BCUT2D eigenvalue weighted by molar-refractivity contribution is -0.121. The predicted octanol–water partition coefficient (Wildman–Crippen LogP) is 1.91. The second-order valence-corrected chi connectivity index (χ2v) is 4.70. The fourth-order valence-electron chi connectivity index (χ4n) is 1.16. The van der Waals surface area contributed by atoms with Crippen LogP contribution in [-0.4, -0.2) is 27.2 Å². The second kappa shape index (κ2) is 4.12. The number of likely N-dealkylation sites (N-methyl/N-ethyl adjacent to an activating group) is 1. The molecule has 0 aromatic carbocycles. The molecule has 1 saturated heterocycles. The van der Waals surface area contributed by atoms with E-state index in [1.165, 1.54) is 16.7 Å². The number of nitrogens with zero attached hydrogens (tertiary/aromatic N) is 2. The van der Waals surface area contributed by atoms with E-state index >= 15 is 0 Å². The lowest BCUT2D eigenvalue weighted by Gasteiger charge is -2.03. The number of aromatic nitrogens is 1. The van der Waals surface area contributed by atoms with Crippen LogP contribution in [0.1, 0.15) is 5.56 Å². The van der Waals surface area contributed by atoms with Crippen molar-refractivity contribution in [3.8, 4) is 0 Å². The quantitative estimate of drug-likeness (QED) is 0.551. The average molecular weight is 236 g/mol. The van der Waals surface area contributed by atoms with E-state index in [0.717, 1.165) is 5.56 Å². The Balaban J connectivity index is 2.30. The van der Waals surface area contributed by atoms with Gasteiger partial charge in [0.15, 0.2) is 0 Å². The zero-order chi connectivity index (χ0) is 10.8. The van der Waals surface area contributed by atoms with Crippen molar-refractivity contribution >= 4 is 40.3 Å². The van der Waals surface area contributed by atoms with Gasteiger partial charge in [-0.2, -0.15) is 0 Å². The maximum atomic E-state index is 11.6. The van der Waals surface area contributed by atoms with Gasteiger partial charge < -0.3 is 0 Å². The van der Waals surface area contributed by atoms with Crippen molar-refractivity contribution in [2.24, 2.45) is 0 Å². The molecule has 2 rings (SSSR count). The van der Waals surface area contributed by atoms with Gasteiger partial charge in [0.05, 0.1) is 4.91 Å². The molecule has 0 spiro atoms. The highest BCUT2D eigenvalue weighted by Gasteiger charge is 2.28. The van der Waals surface area contributed by atoms with Crippen molar-refractivity contribution in [1.29, 1.82) is 0 Å². The minimum atomic E-state index is -0.0474. The summed E-state index contributed by atoms with van der Waals surface area (Å²) in [7, 11) is 1.68. The van der Waals surface area contributed by atoms with Gasteiger partial charge >= 0.3 is 0 Å². The van der Waals surface area contributed by atoms with Crippen LogP contribution >= 0.6 is 24.0 Å². The van der Waals surface area contributed by atoms with Gasteiger partial charge in [-0.25, -0.2) is 0 Å². The Hall–Kier alpha value is -1.20. The van der Waals surface area contributed by atoms with Crippen molar-refractivity contribution in [1.82, 2.24) is 9.88 Å². The summed E-state index contributed by atoms with van der Waals surface area (Å²) in [5.41, 5.74) is 0.909. The van der Waals surface area contributed by atoms with Gasteiger partial charge in [0.25, 0.3) is 5.91 Å². The van der Waals surface area contributed by atoms with Gasteiger partial charge in [0, 0.05) is 19.4 Å². The van der Waals surface area contributed by atoms with Crippen molar-refractivity contribution in [3.05, 3.63) is 35.0 Å². The van der Waals surface area contributed by atoms with E-state index in [4.69, 9.17) is 12.2 Å². The highest BCUT2D eigenvalue weighted by atomic mass is 32.2. The van der Waals surface area contributed by atoms with Crippen LogP contribution in [0, 0.1) is 0 Å². The lowest BCUT2D eigenvalue weighted by Crippen LogP contribution is -2.22. The van der Waals surface area contributed by atoms with Crippen LogP contribution in [0.2, 0.25) is 0 Å². The Morgan fingerprint density at radius 1 is 1.60 bits per heavy atom. The van der Waals surface area contributed by atoms with Crippen LogP contribution in [-0.2, 0) is 4.79 Å². The number of carbonyl (C=O) groups excluding carboxylic acids is 1. The molecule has 2 heterocycles. The number of amides is 1. The summed E-state index contributed by atoms with van der Waals surface area (Å²) < 4.78 is 0.593. The first-order valence-electron chi connectivity index (χ1n) is 4.30. The number of hydrogen-bond acceptors (Lipinski definition) is 4. The molecule has 0 aliphatic carbocycles. The maximum absolute atomic E-state index is 11.6. The van der Waals surface area contributed by atoms with E-state index in [9.17, 15) is 4.79 Å².